The summed E-state index contributed by atoms with van der Waals surface area (Å²) >= 11 is 0. The van der Waals surface area contributed by atoms with Gasteiger partial charge in [-0.25, -0.2) is 15.0 Å². The molecule has 0 fully saturated rings. The van der Waals surface area contributed by atoms with Gasteiger partial charge in [-0.1, -0.05) is 158 Å². The van der Waals surface area contributed by atoms with Gasteiger partial charge in [0.15, 0.2) is 17.5 Å². The molecule has 0 spiro atoms. The van der Waals surface area contributed by atoms with Gasteiger partial charge in [0.25, 0.3) is 0 Å². The summed E-state index contributed by atoms with van der Waals surface area (Å²) in [6.45, 7) is 0. The van der Waals surface area contributed by atoms with Crippen LogP contribution in [-0.4, -0.2) is 19.5 Å². The van der Waals surface area contributed by atoms with Crippen LogP contribution < -0.4 is 0 Å². The first kappa shape index (κ1) is 31.1. The highest BCUT2D eigenvalue weighted by molar-refractivity contribution is 6.29. The smallest absolute Gasteiger partial charge is 0.164 e. The molecule has 0 aliphatic rings. The second-order valence-electron chi connectivity index (χ2n) is 14.0. The van der Waals surface area contributed by atoms with Gasteiger partial charge in [0.1, 0.15) is 0 Å². The van der Waals surface area contributed by atoms with Crippen LogP contribution in [0.2, 0.25) is 0 Å². The second-order valence-corrected chi connectivity index (χ2v) is 14.0. The summed E-state index contributed by atoms with van der Waals surface area (Å²) in [6.07, 6.45) is 0. The van der Waals surface area contributed by atoms with Gasteiger partial charge in [-0.05, 0) is 74.5 Å². The molecule has 55 heavy (non-hydrogen) atoms. The monoisotopic (exact) mass is 700 g/mol. The van der Waals surface area contributed by atoms with Gasteiger partial charge < -0.3 is 4.57 Å². The van der Waals surface area contributed by atoms with Crippen molar-refractivity contribution in [3.63, 3.8) is 0 Å². The summed E-state index contributed by atoms with van der Waals surface area (Å²) in [5, 5.41) is 9.53. The van der Waals surface area contributed by atoms with Crippen molar-refractivity contribution in [2.45, 2.75) is 0 Å². The lowest BCUT2D eigenvalue weighted by molar-refractivity contribution is 1.08. The molecular formula is C51H32N4. The fourth-order valence-electron chi connectivity index (χ4n) is 8.31. The molecule has 11 rings (SSSR count). The normalized spacial score (nSPS) is 11.6. The lowest BCUT2D eigenvalue weighted by atomic mass is 9.88. The van der Waals surface area contributed by atoms with Crippen LogP contribution >= 0.6 is 0 Å². The Morgan fingerprint density at radius 3 is 1.44 bits per heavy atom. The van der Waals surface area contributed by atoms with Crippen LogP contribution in [0.1, 0.15) is 0 Å². The standard InChI is InChI=1S/C51H32N4/c1-4-16-33(17-5-1)49-52-50(34-18-6-2-7-19-34)54-51(53-49)45-31-36(30-44-40-24-11-10-22-38(40)39-23-12-13-26-43(39)48(44)45)35-28-29-42-41-25-14-15-27-46(41)55(47(42)32-35)37-20-8-3-9-21-37/h1-32H. The molecule has 2 heterocycles. The number of fused-ring (bicyclic) bond motifs is 9. The first-order valence-electron chi connectivity index (χ1n) is 18.6. The molecule has 0 saturated carbocycles. The minimum Gasteiger partial charge on any atom is -0.309 e. The Morgan fingerprint density at radius 1 is 0.291 bits per heavy atom. The van der Waals surface area contributed by atoms with Crippen LogP contribution in [0, 0.1) is 0 Å². The fourth-order valence-corrected chi connectivity index (χ4v) is 8.31. The zero-order valence-corrected chi connectivity index (χ0v) is 29.8. The number of nitrogens with zero attached hydrogens (tertiary/aromatic N) is 4. The second kappa shape index (κ2) is 12.6. The summed E-state index contributed by atoms with van der Waals surface area (Å²) in [6, 6.07) is 68.7. The largest absolute Gasteiger partial charge is 0.309 e. The van der Waals surface area contributed by atoms with Gasteiger partial charge in [-0.2, -0.15) is 0 Å². The van der Waals surface area contributed by atoms with Crippen molar-refractivity contribution in [3.8, 4) is 51.0 Å². The van der Waals surface area contributed by atoms with E-state index in [4.69, 9.17) is 15.0 Å². The van der Waals surface area contributed by atoms with Crippen molar-refractivity contribution >= 4 is 54.1 Å². The van der Waals surface area contributed by atoms with E-state index >= 15 is 0 Å². The highest BCUT2D eigenvalue weighted by Gasteiger charge is 2.20. The average Bonchev–Trinajstić information content (AvgIpc) is 3.60. The van der Waals surface area contributed by atoms with Gasteiger partial charge in [0, 0.05) is 38.5 Å². The summed E-state index contributed by atoms with van der Waals surface area (Å²) in [4.78, 5) is 15.6. The molecule has 4 heteroatoms. The molecule has 0 bridgehead atoms. The quantitative estimate of drug-likeness (QED) is 0.168. The third-order valence-electron chi connectivity index (χ3n) is 10.8. The first-order chi connectivity index (χ1) is 27.3. The van der Waals surface area contributed by atoms with Gasteiger partial charge in [0.2, 0.25) is 0 Å². The van der Waals surface area contributed by atoms with Gasteiger partial charge in [-0.15, -0.1) is 0 Å². The Bertz CT molecular complexity index is 3180. The zero-order chi connectivity index (χ0) is 36.3. The molecule has 0 aliphatic heterocycles. The molecule has 256 valence electrons. The Morgan fingerprint density at radius 2 is 0.782 bits per heavy atom. The lowest BCUT2D eigenvalue weighted by Crippen LogP contribution is -2.01. The number of benzene rings is 9. The number of hydrogen-bond acceptors (Lipinski definition) is 3. The van der Waals surface area contributed by atoms with Crippen LogP contribution in [0.5, 0.6) is 0 Å². The number of para-hydroxylation sites is 2. The highest BCUT2D eigenvalue weighted by atomic mass is 15.0. The molecule has 0 N–H and O–H groups in total. The van der Waals surface area contributed by atoms with Crippen molar-refractivity contribution in [3.05, 3.63) is 194 Å². The minimum atomic E-state index is 0.638. The van der Waals surface area contributed by atoms with E-state index in [2.05, 4.69) is 162 Å². The van der Waals surface area contributed by atoms with Crippen LogP contribution in [0.15, 0.2) is 194 Å². The van der Waals surface area contributed by atoms with E-state index in [1.165, 1.54) is 37.8 Å². The topological polar surface area (TPSA) is 43.6 Å². The third-order valence-corrected chi connectivity index (χ3v) is 10.8. The van der Waals surface area contributed by atoms with Crippen LogP contribution in [0.25, 0.3) is 105 Å². The van der Waals surface area contributed by atoms with E-state index in [-0.39, 0.29) is 0 Å². The first-order valence-corrected chi connectivity index (χ1v) is 18.6. The van der Waals surface area contributed by atoms with Crippen molar-refractivity contribution in [1.82, 2.24) is 19.5 Å². The maximum atomic E-state index is 5.28. The number of aromatic nitrogens is 4. The van der Waals surface area contributed by atoms with Crippen molar-refractivity contribution in [1.29, 1.82) is 0 Å². The Balaban J connectivity index is 1.26. The molecule has 4 nitrogen and oxygen atoms in total. The van der Waals surface area contributed by atoms with E-state index in [1.807, 2.05) is 36.4 Å². The highest BCUT2D eigenvalue weighted by Crippen LogP contribution is 2.43. The third kappa shape index (κ3) is 5.11. The molecule has 0 unspecified atom stereocenters. The summed E-state index contributed by atoms with van der Waals surface area (Å²) < 4.78 is 2.38. The molecule has 0 saturated heterocycles. The van der Waals surface area contributed by atoms with E-state index in [0.717, 1.165) is 49.8 Å². The fraction of sp³-hybridized carbons (Fsp3) is 0. The summed E-state index contributed by atoms with van der Waals surface area (Å²) in [5.41, 5.74) is 8.55. The van der Waals surface area contributed by atoms with Gasteiger partial charge in [0.05, 0.1) is 11.0 Å². The predicted octanol–water partition coefficient (Wildman–Crippen LogP) is 13.1. The minimum absolute atomic E-state index is 0.638. The average molecular weight is 701 g/mol. The molecular weight excluding hydrogens is 669 g/mol. The molecule has 0 atom stereocenters. The molecule has 0 radical (unpaired) electrons. The predicted molar refractivity (Wildman–Crippen MR) is 228 cm³/mol. The lowest BCUT2D eigenvalue weighted by Gasteiger charge is -2.17. The van der Waals surface area contributed by atoms with E-state index in [9.17, 15) is 0 Å². The maximum Gasteiger partial charge on any atom is 0.164 e. The van der Waals surface area contributed by atoms with E-state index in [1.54, 1.807) is 0 Å². The van der Waals surface area contributed by atoms with E-state index < -0.39 is 0 Å². The number of rotatable bonds is 5. The molecule has 0 amide bonds. The SMILES string of the molecule is c1ccc(-c2nc(-c3ccccc3)nc(-c3cc(-c4ccc5c6ccccc6n(-c6ccccc6)c5c4)cc4c5ccccc5c5ccccc5c34)n2)cc1. The molecule has 2 aromatic heterocycles. The van der Waals surface area contributed by atoms with Crippen LogP contribution in [0.3, 0.4) is 0 Å². The van der Waals surface area contributed by atoms with Crippen molar-refractivity contribution in [2.75, 3.05) is 0 Å². The Kier molecular flexibility index (Phi) is 7.14. The summed E-state index contributed by atoms with van der Waals surface area (Å²) in [7, 11) is 0. The van der Waals surface area contributed by atoms with Gasteiger partial charge in [-0.3, -0.25) is 0 Å². The van der Waals surface area contributed by atoms with E-state index in [0.29, 0.717) is 17.5 Å². The Hall–Kier alpha value is -7.43. The van der Waals surface area contributed by atoms with Gasteiger partial charge >= 0.3 is 0 Å². The van der Waals surface area contributed by atoms with Crippen LogP contribution in [0.4, 0.5) is 0 Å². The van der Waals surface area contributed by atoms with Crippen LogP contribution in [-0.2, 0) is 0 Å². The zero-order valence-electron chi connectivity index (χ0n) is 29.8. The molecule has 9 aromatic carbocycles. The maximum absolute atomic E-state index is 5.28. The summed E-state index contributed by atoms with van der Waals surface area (Å²) in [5.74, 6) is 1.92. The Labute approximate surface area is 317 Å². The number of hydrogen-bond donors (Lipinski definition) is 0. The van der Waals surface area contributed by atoms with Crippen molar-refractivity contribution in [2.24, 2.45) is 0 Å². The molecule has 11 aromatic rings. The molecule has 0 aliphatic carbocycles. The van der Waals surface area contributed by atoms with Crippen molar-refractivity contribution < 1.29 is 0 Å².